The van der Waals surface area contributed by atoms with Crippen molar-refractivity contribution in [3.63, 3.8) is 0 Å². The van der Waals surface area contributed by atoms with E-state index in [1.165, 1.54) is 11.1 Å². The molecule has 1 rings (SSSR count). The van der Waals surface area contributed by atoms with Crippen molar-refractivity contribution in [1.29, 1.82) is 0 Å². The van der Waals surface area contributed by atoms with Crippen LogP contribution in [-0.4, -0.2) is 5.75 Å². The summed E-state index contributed by atoms with van der Waals surface area (Å²) in [7, 11) is 0. The van der Waals surface area contributed by atoms with Crippen molar-refractivity contribution in [3.8, 4) is 0 Å². The van der Waals surface area contributed by atoms with E-state index in [1.54, 1.807) is 0 Å². The molecule has 0 amide bonds. The number of aryl methyl sites for hydroxylation is 1. The molecular weight excluding hydrogens is 246 g/mol. The third-order valence-corrected chi connectivity index (χ3v) is 2.83. The predicted octanol–water partition coefficient (Wildman–Crippen LogP) is 3.08. The van der Waals surface area contributed by atoms with Gasteiger partial charge in [-0.05, 0) is 42.4 Å². The lowest BCUT2D eigenvalue weighted by Crippen LogP contribution is -2.12. The van der Waals surface area contributed by atoms with E-state index in [9.17, 15) is 0 Å². The minimum absolute atomic E-state index is 0.106. The summed E-state index contributed by atoms with van der Waals surface area (Å²) in [5, 5.41) is 0. The first-order chi connectivity index (χ1) is 6.15. The molecule has 0 aromatic heterocycles. The highest BCUT2D eigenvalue weighted by molar-refractivity contribution is 9.10. The van der Waals surface area contributed by atoms with Crippen LogP contribution in [0.15, 0.2) is 22.7 Å². The highest BCUT2D eigenvalue weighted by Crippen LogP contribution is 2.22. The van der Waals surface area contributed by atoms with Crippen LogP contribution in [0.5, 0.6) is 0 Å². The maximum Gasteiger partial charge on any atom is 0.0305 e. The van der Waals surface area contributed by atoms with Gasteiger partial charge in [0.15, 0.2) is 0 Å². The fourth-order valence-corrected chi connectivity index (χ4v) is 1.96. The fraction of sp³-hybridized carbons (Fsp3) is 0.400. The molecule has 0 saturated carbocycles. The van der Waals surface area contributed by atoms with Crippen LogP contribution in [0, 0.1) is 6.92 Å². The zero-order chi connectivity index (χ0) is 9.84. The Morgan fingerprint density at radius 1 is 1.54 bits per heavy atom. The first-order valence-electron chi connectivity index (χ1n) is 4.27. The van der Waals surface area contributed by atoms with E-state index in [0.717, 1.165) is 16.6 Å². The second-order valence-electron chi connectivity index (χ2n) is 3.12. The predicted molar refractivity (Wildman–Crippen MR) is 64.3 cm³/mol. The normalized spacial score (nSPS) is 12.9. The first kappa shape index (κ1) is 11.1. The molecule has 0 fully saturated rings. The average Bonchev–Trinajstić information content (AvgIpc) is 2.09. The molecule has 0 heterocycles. The molecule has 72 valence electrons. The molecule has 0 radical (unpaired) electrons. The Bertz CT molecular complexity index is 288. The van der Waals surface area contributed by atoms with Gasteiger partial charge in [-0.25, -0.2) is 0 Å². The number of thiol groups is 1. The molecule has 0 saturated heterocycles. The van der Waals surface area contributed by atoms with Crippen LogP contribution in [0.25, 0.3) is 0 Å². The Morgan fingerprint density at radius 2 is 2.23 bits per heavy atom. The van der Waals surface area contributed by atoms with Gasteiger partial charge in [-0.2, -0.15) is 12.6 Å². The molecule has 3 heteroatoms. The number of hydrogen-bond donors (Lipinski definition) is 2. The molecule has 0 aliphatic rings. The van der Waals surface area contributed by atoms with Crippen molar-refractivity contribution >= 4 is 28.6 Å². The summed E-state index contributed by atoms with van der Waals surface area (Å²) in [6.45, 7) is 2.08. The van der Waals surface area contributed by atoms with Gasteiger partial charge < -0.3 is 5.73 Å². The van der Waals surface area contributed by atoms with Crippen molar-refractivity contribution in [1.82, 2.24) is 0 Å². The largest absolute Gasteiger partial charge is 0.324 e. The van der Waals surface area contributed by atoms with Crippen molar-refractivity contribution < 1.29 is 0 Å². The van der Waals surface area contributed by atoms with E-state index in [2.05, 4.69) is 47.6 Å². The summed E-state index contributed by atoms with van der Waals surface area (Å²) in [4.78, 5) is 0. The van der Waals surface area contributed by atoms with Crippen LogP contribution in [0.4, 0.5) is 0 Å². The van der Waals surface area contributed by atoms with Gasteiger partial charge in [0.2, 0.25) is 0 Å². The van der Waals surface area contributed by atoms with E-state index in [-0.39, 0.29) is 6.04 Å². The molecule has 2 N–H and O–H groups in total. The highest BCUT2D eigenvalue weighted by Gasteiger charge is 2.07. The summed E-state index contributed by atoms with van der Waals surface area (Å²) in [5.41, 5.74) is 8.46. The molecule has 0 aliphatic carbocycles. The average molecular weight is 260 g/mol. The maximum absolute atomic E-state index is 6.01. The lowest BCUT2D eigenvalue weighted by molar-refractivity contribution is 0.701. The summed E-state index contributed by atoms with van der Waals surface area (Å²) < 4.78 is 1.09. The van der Waals surface area contributed by atoms with Gasteiger partial charge in [0.25, 0.3) is 0 Å². The summed E-state index contributed by atoms with van der Waals surface area (Å²) in [6, 6.07) is 6.31. The number of rotatable bonds is 3. The molecule has 1 atom stereocenters. The quantitative estimate of drug-likeness (QED) is 0.802. The lowest BCUT2D eigenvalue weighted by atomic mass is 10.0. The molecule has 1 aromatic carbocycles. The number of hydrogen-bond acceptors (Lipinski definition) is 2. The van der Waals surface area contributed by atoms with Gasteiger partial charge in [-0.15, -0.1) is 0 Å². The third-order valence-electron chi connectivity index (χ3n) is 2.08. The molecular formula is C10H14BrNS. The van der Waals surface area contributed by atoms with Crippen molar-refractivity contribution in [2.45, 2.75) is 19.4 Å². The van der Waals surface area contributed by atoms with Crippen LogP contribution in [0.2, 0.25) is 0 Å². The molecule has 13 heavy (non-hydrogen) atoms. The standard InChI is InChI=1S/C10H14BrNS/c1-7-2-3-8(11)6-9(7)10(12)4-5-13/h2-3,6,10,13H,4-5,12H2,1H3. The lowest BCUT2D eigenvalue weighted by Gasteiger charge is -2.13. The number of halogens is 1. The SMILES string of the molecule is Cc1ccc(Br)cc1C(N)CCS. The molecule has 1 aromatic rings. The Hall–Kier alpha value is 0.01000. The van der Waals surface area contributed by atoms with E-state index < -0.39 is 0 Å². The third kappa shape index (κ3) is 3.01. The van der Waals surface area contributed by atoms with Crippen LogP contribution in [0.3, 0.4) is 0 Å². The second-order valence-corrected chi connectivity index (χ2v) is 4.48. The van der Waals surface area contributed by atoms with Crippen molar-refractivity contribution in [2.75, 3.05) is 5.75 Å². The minimum Gasteiger partial charge on any atom is -0.324 e. The van der Waals surface area contributed by atoms with Gasteiger partial charge >= 0.3 is 0 Å². The summed E-state index contributed by atoms with van der Waals surface area (Å²) in [6.07, 6.45) is 0.917. The minimum atomic E-state index is 0.106. The smallest absolute Gasteiger partial charge is 0.0305 e. The van der Waals surface area contributed by atoms with Crippen molar-refractivity contribution in [2.24, 2.45) is 5.73 Å². The highest BCUT2D eigenvalue weighted by atomic mass is 79.9. The first-order valence-corrected chi connectivity index (χ1v) is 5.70. The van der Waals surface area contributed by atoms with E-state index in [1.807, 2.05) is 6.07 Å². The van der Waals surface area contributed by atoms with Crippen molar-refractivity contribution in [3.05, 3.63) is 33.8 Å². The zero-order valence-electron chi connectivity index (χ0n) is 7.63. The Balaban J connectivity index is 2.91. The molecule has 0 spiro atoms. The van der Waals surface area contributed by atoms with Gasteiger partial charge in [-0.1, -0.05) is 22.0 Å². The topological polar surface area (TPSA) is 26.0 Å². The number of nitrogens with two attached hydrogens (primary N) is 1. The number of benzene rings is 1. The Kier molecular flexibility index (Phi) is 4.29. The van der Waals surface area contributed by atoms with Crippen LogP contribution < -0.4 is 5.73 Å². The van der Waals surface area contributed by atoms with E-state index >= 15 is 0 Å². The van der Waals surface area contributed by atoms with Gasteiger partial charge in [-0.3, -0.25) is 0 Å². The Morgan fingerprint density at radius 3 is 2.85 bits per heavy atom. The molecule has 1 nitrogen and oxygen atoms in total. The van der Waals surface area contributed by atoms with Gasteiger partial charge in [0.1, 0.15) is 0 Å². The van der Waals surface area contributed by atoms with Crippen LogP contribution in [-0.2, 0) is 0 Å². The van der Waals surface area contributed by atoms with Crippen LogP contribution in [0.1, 0.15) is 23.6 Å². The summed E-state index contributed by atoms with van der Waals surface area (Å²) in [5.74, 6) is 0.827. The zero-order valence-corrected chi connectivity index (χ0v) is 10.1. The van der Waals surface area contributed by atoms with E-state index in [4.69, 9.17) is 5.73 Å². The van der Waals surface area contributed by atoms with Crippen LogP contribution >= 0.6 is 28.6 Å². The fourth-order valence-electron chi connectivity index (χ4n) is 1.31. The monoisotopic (exact) mass is 259 g/mol. The maximum atomic E-state index is 6.01. The Labute approximate surface area is 93.3 Å². The molecule has 0 aliphatic heterocycles. The van der Waals surface area contributed by atoms with E-state index in [0.29, 0.717) is 0 Å². The molecule has 1 unspecified atom stereocenters. The van der Waals surface area contributed by atoms with Gasteiger partial charge in [0, 0.05) is 10.5 Å². The second kappa shape index (κ2) is 5.03. The summed E-state index contributed by atoms with van der Waals surface area (Å²) >= 11 is 7.62. The molecule has 0 bridgehead atoms. The van der Waals surface area contributed by atoms with Gasteiger partial charge in [0.05, 0.1) is 0 Å².